The Hall–Kier alpha value is -2.83. The lowest BCUT2D eigenvalue weighted by atomic mass is 10.2. The molecule has 0 unspecified atom stereocenters. The Bertz CT molecular complexity index is 829. The second kappa shape index (κ2) is 5.42. The Morgan fingerprint density at radius 3 is 2.48 bits per heavy atom. The molecule has 2 aromatic carbocycles. The fourth-order valence-corrected chi connectivity index (χ4v) is 2.97. The number of nitrogens with zero attached hydrogens (tertiary/aromatic N) is 4. The van der Waals surface area contributed by atoms with Gasteiger partial charge in [-0.25, -0.2) is 4.39 Å². The maximum Gasteiger partial charge on any atom is 0.250 e. The van der Waals surface area contributed by atoms with Crippen molar-refractivity contribution in [2.24, 2.45) is 0 Å². The third-order valence-corrected chi connectivity index (χ3v) is 4.20. The van der Waals surface area contributed by atoms with Crippen LogP contribution in [0.4, 0.5) is 15.8 Å². The van der Waals surface area contributed by atoms with Gasteiger partial charge in [0.25, 0.3) is 5.52 Å². The molecule has 1 aliphatic heterocycles. The predicted molar refractivity (Wildman–Crippen MR) is 83.8 cm³/mol. The molecule has 1 saturated heterocycles. The van der Waals surface area contributed by atoms with Gasteiger partial charge < -0.3 is 15.0 Å². The number of benzene rings is 2. The van der Waals surface area contributed by atoms with Crippen LogP contribution >= 0.6 is 0 Å². The van der Waals surface area contributed by atoms with E-state index in [9.17, 15) is 9.60 Å². The Kier molecular flexibility index (Phi) is 3.25. The Balaban J connectivity index is 1.55. The number of fused-ring (bicyclic) bond motifs is 1. The molecule has 2 heterocycles. The molecule has 0 saturated carbocycles. The van der Waals surface area contributed by atoms with E-state index in [1.54, 1.807) is 6.07 Å². The highest BCUT2D eigenvalue weighted by molar-refractivity contribution is 5.76. The van der Waals surface area contributed by atoms with Crippen molar-refractivity contribution in [1.29, 1.82) is 0 Å². The van der Waals surface area contributed by atoms with Gasteiger partial charge in [-0.1, -0.05) is 18.2 Å². The lowest BCUT2D eigenvalue weighted by Gasteiger charge is -2.37. The van der Waals surface area contributed by atoms with Gasteiger partial charge in [-0.3, -0.25) is 4.63 Å². The van der Waals surface area contributed by atoms with Crippen molar-refractivity contribution in [3.63, 3.8) is 0 Å². The highest BCUT2D eigenvalue weighted by Gasteiger charge is 2.22. The average molecular weight is 314 g/mol. The van der Waals surface area contributed by atoms with Crippen molar-refractivity contribution in [3.05, 3.63) is 53.5 Å². The first kappa shape index (κ1) is 13.8. The highest BCUT2D eigenvalue weighted by Crippen LogP contribution is 2.26. The number of anilines is 2. The van der Waals surface area contributed by atoms with Crippen LogP contribution < -0.4 is 14.7 Å². The summed E-state index contributed by atoms with van der Waals surface area (Å²) < 4.78 is 18.8. The summed E-state index contributed by atoms with van der Waals surface area (Å²) >= 11 is 0. The molecule has 0 spiro atoms. The Labute approximate surface area is 131 Å². The van der Waals surface area contributed by atoms with Gasteiger partial charge in [-0.05, 0) is 17.0 Å². The van der Waals surface area contributed by atoms with E-state index < -0.39 is 5.82 Å². The summed E-state index contributed by atoms with van der Waals surface area (Å²) in [4.78, 5) is 4.46. The summed E-state index contributed by atoms with van der Waals surface area (Å²) in [6.45, 7) is 3.02. The fraction of sp³-hybridized carbons (Fsp3) is 0.250. The fourth-order valence-electron chi connectivity index (χ4n) is 2.97. The van der Waals surface area contributed by atoms with Crippen LogP contribution in [-0.4, -0.2) is 31.3 Å². The molecular weight excluding hydrogens is 299 g/mol. The van der Waals surface area contributed by atoms with Crippen LogP contribution in [-0.2, 0) is 0 Å². The van der Waals surface area contributed by atoms with Crippen LogP contribution in [0.25, 0.3) is 11.0 Å². The number of para-hydroxylation sites is 1. The van der Waals surface area contributed by atoms with Crippen LogP contribution in [0.15, 0.2) is 47.1 Å². The van der Waals surface area contributed by atoms with E-state index in [0.717, 1.165) is 13.1 Å². The van der Waals surface area contributed by atoms with Crippen molar-refractivity contribution in [3.8, 4) is 0 Å². The van der Waals surface area contributed by atoms with Crippen LogP contribution in [0.1, 0.15) is 0 Å². The maximum atomic E-state index is 14.3. The average Bonchev–Trinajstić information content (AvgIpc) is 2.95. The first-order chi connectivity index (χ1) is 11.2. The van der Waals surface area contributed by atoms with Crippen LogP contribution in [0.3, 0.4) is 0 Å². The van der Waals surface area contributed by atoms with Crippen LogP contribution in [0, 0.1) is 11.0 Å². The molecule has 118 valence electrons. The Morgan fingerprint density at radius 1 is 1.04 bits per heavy atom. The third-order valence-electron chi connectivity index (χ3n) is 4.20. The van der Waals surface area contributed by atoms with E-state index >= 15 is 0 Å². The molecular formula is C16H15FN4O2. The Morgan fingerprint density at radius 2 is 1.74 bits per heavy atom. The van der Waals surface area contributed by atoms with Crippen molar-refractivity contribution in [1.82, 2.24) is 5.16 Å². The standard InChI is InChI=1S/C16H15FN4O2/c17-13-10-16-14(18-23-21(16)22)11-15(13)20-8-6-19(7-9-20)12-4-2-1-3-5-12/h1-5,10-11H,6-9H2. The van der Waals surface area contributed by atoms with Gasteiger partial charge in [-0.15, -0.1) is 0 Å². The zero-order chi connectivity index (χ0) is 15.8. The van der Waals surface area contributed by atoms with Crippen molar-refractivity contribution >= 4 is 22.4 Å². The second-order valence-corrected chi connectivity index (χ2v) is 5.53. The first-order valence-electron chi connectivity index (χ1n) is 7.46. The van der Waals surface area contributed by atoms with Gasteiger partial charge in [0.1, 0.15) is 0 Å². The molecule has 0 atom stereocenters. The summed E-state index contributed by atoms with van der Waals surface area (Å²) in [5.41, 5.74) is 2.10. The molecule has 0 N–H and O–H groups in total. The monoisotopic (exact) mass is 314 g/mol. The lowest BCUT2D eigenvalue weighted by molar-refractivity contribution is -0.782. The predicted octanol–water partition coefficient (Wildman–Crippen LogP) is 1.93. The topological polar surface area (TPSA) is 59.5 Å². The van der Waals surface area contributed by atoms with Gasteiger partial charge in [0.2, 0.25) is 5.52 Å². The SMILES string of the molecule is [O-][n+]1onc2cc(N3CCN(c4ccccc4)CC3)c(F)cc21. The van der Waals surface area contributed by atoms with E-state index in [2.05, 4.69) is 26.8 Å². The molecule has 23 heavy (non-hydrogen) atoms. The number of piperazine rings is 1. The zero-order valence-corrected chi connectivity index (χ0v) is 12.4. The lowest BCUT2D eigenvalue weighted by Crippen LogP contribution is -2.46. The van der Waals surface area contributed by atoms with Gasteiger partial charge in [-0.2, -0.15) is 0 Å². The van der Waals surface area contributed by atoms with Gasteiger partial charge >= 0.3 is 0 Å². The molecule has 1 aromatic heterocycles. The van der Waals surface area contributed by atoms with Crippen molar-refractivity contribution in [2.75, 3.05) is 36.0 Å². The zero-order valence-electron chi connectivity index (χ0n) is 12.4. The van der Waals surface area contributed by atoms with Gasteiger partial charge in [0.15, 0.2) is 5.82 Å². The molecule has 3 aromatic rings. The molecule has 1 aliphatic rings. The molecule has 7 heteroatoms. The number of hydrogen-bond acceptors (Lipinski definition) is 5. The minimum absolute atomic E-state index is 0.106. The van der Waals surface area contributed by atoms with E-state index in [1.165, 1.54) is 11.8 Å². The quantitative estimate of drug-likeness (QED) is 0.677. The molecule has 0 amide bonds. The highest BCUT2D eigenvalue weighted by atomic mass is 19.1. The van der Waals surface area contributed by atoms with E-state index in [-0.39, 0.29) is 10.4 Å². The number of halogens is 1. The number of aromatic nitrogens is 2. The smallest absolute Gasteiger partial charge is 0.250 e. The van der Waals surface area contributed by atoms with Crippen LogP contribution in [0.5, 0.6) is 0 Å². The van der Waals surface area contributed by atoms with Crippen LogP contribution in [0.2, 0.25) is 0 Å². The summed E-state index contributed by atoms with van der Waals surface area (Å²) in [6.07, 6.45) is 0. The summed E-state index contributed by atoms with van der Waals surface area (Å²) in [6, 6.07) is 12.9. The molecule has 0 radical (unpaired) electrons. The third kappa shape index (κ3) is 2.44. The minimum atomic E-state index is -0.432. The summed E-state index contributed by atoms with van der Waals surface area (Å²) in [5, 5.41) is 15.0. The number of rotatable bonds is 2. The normalized spacial score (nSPS) is 15.3. The second-order valence-electron chi connectivity index (χ2n) is 5.53. The van der Waals surface area contributed by atoms with Gasteiger partial charge in [0, 0.05) is 49.2 Å². The summed E-state index contributed by atoms with van der Waals surface area (Å²) in [7, 11) is 0. The van der Waals surface area contributed by atoms with E-state index in [4.69, 9.17) is 0 Å². The molecule has 0 bridgehead atoms. The molecule has 4 rings (SSSR count). The molecule has 0 aliphatic carbocycles. The minimum Gasteiger partial charge on any atom is -0.368 e. The first-order valence-corrected chi connectivity index (χ1v) is 7.46. The van der Waals surface area contributed by atoms with E-state index in [1.807, 2.05) is 23.1 Å². The van der Waals surface area contributed by atoms with E-state index in [0.29, 0.717) is 24.3 Å². The van der Waals surface area contributed by atoms with Gasteiger partial charge in [0.05, 0.1) is 5.69 Å². The number of hydrogen-bond donors (Lipinski definition) is 0. The van der Waals surface area contributed by atoms with Crippen molar-refractivity contribution in [2.45, 2.75) is 0 Å². The maximum absolute atomic E-state index is 14.3. The molecule has 1 fully saturated rings. The summed E-state index contributed by atoms with van der Waals surface area (Å²) in [5.74, 6) is -0.432. The molecule has 6 nitrogen and oxygen atoms in total. The largest absolute Gasteiger partial charge is 0.368 e. The van der Waals surface area contributed by atoms with Crippen molar-refractivity contribution < 1.29 is 13.9 Å².